The Bertz CT molecular complexity index is 290. The SMILES string of the molecule is CCN(CC)c1ccc(C)c(NC)c1. The number of aryl methyl sites for hydroxylation is 1. The maximum absolute atomic E-state index is 3.21. The van der Waals surface area contributed by atoms with Gasteiger partial charge in [0.15, 0.2) is 0 Å². The van der Waals surface area contributed by atoms with Gasteiger partial charge in [-0.05, 0) is 38.5 Å². The molecule has 0 aromatic heterocycles. The van der Waals surface area contributed by atoms with E-state index in [0.29, 0.717) is 0 Å². The van der Waals surface area contributed by atoms with E-state index in [1.165, 1.54) is 16.9 Å². The molecule has 0 bridgehead atoms. The molecule has 78 valence electrons. The molecule has 0 aliphatic rings. The van der Waals surface area contributed by atoms with Gasteiger partial charge in [-0.15, -0.1) is 0 Å². The first-order chi connectivity index (χ1) is 6.72. The molecule has 0 fully saturated rings. The maximum atomic E-state index is 3.21. The number of nitrogens with one attached hydrogen (secondary N) is 1. The van der Waals surface area contributed by atoms with E-state index in [1.807, 2.05) is 7.05 Å². The first kappa shape index (κ1) is 10.9. The molecule has 0 aliphatic carbocycles. The highest BCUT2D eigenvalue weighted by Crippen LogP contribution is 2.22. The number of hydrogen-bond donors (Lipinski definition) is 1. The zero-order chi connectivity index (χ0) is 10.6. The van der Waals surface area contributed by atoms with Gasteiger partial charge in [0.1, 0.15) is 0 Å². The molecule has 0 unspecified atom stereocenters. The average molecular weight is 192 g/mol. The first-order valence-corrected chi connectivity index (χ1v) is 5.26. The number of anilines is 2. The van der Waals surface area contributed by atoms with Crippen molar-refractivity contribution in [2.24, 2.45) is 0 Å². The second-order valence-electron chi connectivity index (χ2n) is 3.42. The topological polar surface area (TPSA) is 15.3 Å². The van der Waals surface area contributed by atoms with Crippen molar-refractivity contribution < 1.29 is 0 Å². The third-order valence-corrected chi connectivity index (χ3v) is 2.62. The Morgan fingerprint density at radius 1 is 1.21 bits per heavy atom. The Balaban J connectivity index is 2.98. The molecule has 1 aromatic carbocycles. The van der Waals surface area contributed by atoms with E-state index in [9.17, 15) is 0 Å². The molecule has 1 aromatic rings. The molecule has 14 heavy (non-hydrogen) atoms. The van der Waals surface area contributed by atoms with Crippen molar-refractivity contribution >= 4 is 11.4 Å². The lowest BCUT2D eigenvalue weighted by Crippen LogP contribution is -2.21. The fourth-order valence-corrected chi connectivity index (χ4v) is 1.66. The molecule has 0 aliphatic heterocycles. The quantitative estimate of drug-likeness (QED) is 0.789. The molecular weight excluding hydrogens is 172 g/mol. The van der Waals surface area contributed by atoms with Gasteiger partial charge in [0, 0.05) is 31.5 Å². The number of rotatable bonds is 4. The molecule has 2 heteroatoms. The maximum Gasteiger partial charge on any atom is 0.0388 e. The van der Waals surface area contributed by atoms with Crippen LogP contribution >= 0.6 is 0 Å². The van der Waals surface area contributed by atoms with Crippen LogP contribution in [0.4, 0.5) is 11.4 Å². The van der Waals surface area contributed by atoms with Crippen LogP contribution in [0.15, 0.2) is 18.2 Å². The second kappa shape index (κ2) is 4.89. The predicted molar refractivity (Wildman–Crippen MR) is 64.3 cm³/mol. The first-order valence-electron chi connectivity index (χ1n) is 5.26. The van der Waals surface area contributed by atoms with Gasteiger partial charge in [0.2, 0.25) is 0 Å². The van der Waals surface area contributed by atoms with Crippen molar-refractivity contribution in [2.75, 3.05) is 30.4 Å². The molecule has 0 heterocycles. The third kappa shape index (κ3) is 2.19. The van der Waals surface area contributed by atoms with E-state index in [4.69, 9.17) is 0 Å². The Labute approximate surface area is 86.9 Å². The van der Waals surface area contributed by atoms with Gasteiger partial charge in [0.25, 0.3) is 0 Å². The molecule has 0 saturated heterocycles. The zero-order valence-electron chi connectivity index (χ0n) is 9.59. The highest BCUT2D eigenvalue weighted by molar-refractivity contribution is 5.61. The highest BCUT2D eigenvalue weighted by Gasteiger charge is 2.03. The largest absolute Gasteiger partial charge is 0.388 e. The van der Waals surface area contributed by atoms with Gasteiger partial charge in [-0.25, -0.2) is 0 Å². The molecule has 0 saturated carbocycles. The molecule has 0 spiro atoms. The summed E-state index contributed by atoms with van der Waals surface area (Å²) in [7, 11) is 1.97. The van der Waals surface area contributed by atoms with Crippen molar-refractivity contribution in [1.29, 1.82) is 0 Å². The lowest BCUT2D eigenvalue weighted by Gasteiger charge is -2.22. The van der Waals surface area contributed by atoms with E-state index < -0.39 is 0 Å². The summed E-state index contributed by atoms with van der Waals surface area (Å²) in [5.41, 5.74) is 3.81. The molecule has 0 amide bonds. The minimum absolute atomic E-state index is 1.06. The van der Waals surface area contributed by atoms with E-state index in [1.54, 1.807) is 0 Å². The van der Waals surface area contributed by atoms with E-state index in [0.717, 1.165) is 13.1 Å². The minimum atomic E-state index is 1.06. The lowest BCUT2D eigenvalue weighted by atomic mass is 10.1. The zero-order valence-corrected chi connectivity index (χ0v) is 9.59. The lowest BCUT2D eigenvalue weighted by molar-refractivity contribution is 0.866. The van der Waals surface area contributed by atoms with Gasteiger partial charge >= 0.3 is 0 Å². The Hall–Kier alpha value is -1.18. The molecule has 2 nitrogen and oxygen atoms in total. The van der Waals surface area contributed by atoms with E-state index >= 15 is 0 Å². The molecule has 1 N–H and O–H groups in total. The summed E-state index contributed by atoms with van der Waals surface area (Å²) in [4.78, 5) is 2.35. The van der Waals surface area contributed by atoms with Gasteiger partial charge in [0.05, 0.1) is 0 Å². The monoisotopic (exact) mass is 192 g/mol. The van der Waals surface area contributed by atoms with Crippen LogP contribution in [0.1, 0.15) is 19.4 Å². The Morgan fingerprint density at radius 3 is 2.36 bits per heavy atom. The van der Waals surface area contributed by atoms with Crippen molar-refractivity contribution in [2.45, 2.75) is 20.8 Å². The van der Waals surface area contributed by atoms with Crippen molar-refractivity contribution in [3.63, 3.8) is 0 Å². The summed E-state index contributed by atoms with van der Waals surface area (Å²) in [6.45, 7) is 8.61. The normalized spacial score (nSPS) is 10.0. The molecule has 0 radical (unpaired) electrons. The minimum Gasteiger partial charge on any atom is -0.388 e. The summed E-state index contributed by atoms with van der Waals surface area (Å²) < 4.78 is 0. The highest BCUT2D eigenvalue weighted by atomic mass is 15.1. The fraction of sp³-hybridized carbons (Fsp3) is 0.500. The third-order valence-electron chi connectivity index (χ3n) is 2.62. The van der Waals surface area contributed by atoms with Crippen molar-refractivity contribution in [1.82, 2.24) is 0 Å². The van der Waals surface area contributed by atoms with Gasteiger partial charge in [-0.2, -0.15) is 0 Å². The standard InChI is InChI=1S/C12H20N2/c1-5-14(6-2)11-8-7-10(3)12(9-11)13-4/h7-9,13H,5-6H2,1-4H3. The van der Waals surface area contributed by atoms with Crippen LogP contribution in [0.5, 0.6) is 0 Å². The summed E-state index contributed by atoms with van der Waals surface area (Å²) in [5, 5.41) is 3.21. The second-order valence-corrected chi connectivity index (χ2v) is 3.42. The van der Waals surface area contributed by atoms with Crippen molar-refractivity contribution in [3.05, 3.63) is 23.8 Å². The van der Waals surface area contributed by atoms with Crippen LogP contribution in [0.3, 0.4) is 0 Å². The van der Waals surface area contributed by atoms with Crippen LogP contribution in [0.25, 0.3) is 0 Å². The van der Waals surface area contributed by atoms with Gasteiger partial charge in [-0.1, -0.05) is 6.07 Å². The van der Waals surface area contributed by atoms with E-state index in [-0.39, 0.29) is 0 Å². The van der Waals surface area contributed by atoms with Gasteiger partial charge in [-0.3, -0.25) is 0 Å². The fourth-order valence-electron chi connectivity index (χ4n) is 1.66. The Kier molecular flexibility index (Phi) is 3.81. The summed E-state index contributed by atoms with van der Waals surface area (Å²) in [6.07, 6.45) is 0. The smallest absolute Gasteiger partial charge is 0.0388 e. The van der Waals surface area contributed by atoms with Crippen LogP contribution in [-0.4, -0.2) is 20.1 Å². The average Bonchev–Trinajstić information content (AvgIpc) is 2.22. The van der Waals surface area contributed by atoms with Gasteiger partial charge < -0.3 is 10.2 Å². The number of nitrogens with zero attached hydrogens (tertiary/aromatic N) is 1. The molecular formula is C12H20N2. The van der Waals surface area contributed by atoms with Crippen molar-refractivity contribution in [3.8, 4) is 0 Å². The van der Waals surface area contributed by atoms with E-state index in [2.05, 4.69) is 49.2 Å². The van der Waals surface area contributed by atoms with Crippen LogP contribution < -0.4 is 10.2 Å². The Morgan fingerprint density at radius 2 is 1.86 bits per heavy atom. The van der Waals surface area contributed by atoms with Crippen LogP contribution in [0.2, 0.25) is 0 Å². The molecule has 0 atom stereocenters. The predicted octanol–water partition coefficient (Wildman–Crippen LogP) is 2.88. The van der Waals surface area contributed by atoms with Crippen LogP contribution in [-0.2, 0) is 0 Å². The summed E-state index contributed by atoms with van der Waals surface area (Å²) >= 11 is 0. The summed E-state index contributed by atoms with van der Waals surface area (Å²) in [6, 6.07) is 6.56. The number of benzene rings is 1. The number of hydrogen-bond acceptors (Lipinski definition) is 2. The summed E-state index contributed by atoms with van der Waals surface area (Å²) in [5.74, 6) is 0. The van der Waals surface area contributed by atoms with Crippen LogP contribution in [0, 0.1) is 6.92 Å². The molecule has 1 rings (SSSR count).